The maximum atomic E-state index is 12.8. The lowest BCUT2D eigenvalue weighted by Crippen LogP contribution is -2.42. The molecule has 1 amide bonds. The van der Waals surface area contributed by atoms with Crippen molar-refractivity contribution in [2.24, 2.45) is 11.8 Å². The standard InChI is InChI=1S/C16H21N3O4S2/c1-10-4-11(2)8-19(7-10)25(21,22)13-6-14(24-9-13)16(20)17-15-5-12(3)23-18-15/h5-6,9-11H,4,7-8H2,1-3H3,(H,17,18,20)/t10-,11+. The first-order chi connectivity index (χ1) is 11.8. The summed E-state index contributed by atoms with van der Waals surface area (Å²) < 4.78 is 32.1. The topological polar surface area (TPSA) is 92.5 Å². The van der Waals surface area contributed by atoms with Crippen LogP contribution in [-0.4, -0.2) is 36.9 Å². The average Bonchev–Trinajstić information content (AvgIpc) is 3.16. The highest BCUT2D eigenvalue weighted by Gasteiger charge is 2.32. The number of carbonyl (C=O) groups excluding carboxylic acids is 1. The van der Waals surface area contributed by atoms with E-state index in [-0.39, 0.29) is 4.90 Å². The normalized spacial score (nSPS) is 22.0. The second-order valence-electron chi connectivity index (χ2n) is 6.69. The van der Waals surface area contributed by atoms with Crippen LogP contribution >= 0.6 is 11.3 Å². The SMILES string of the molecule is Cc1cc(NC(=O)c2cc(S(=O)(=O)N3C[C@H](C)C[C@H](C)C3)cs2)no1. The minimum atomic E-state index is -3.58. The molecule has 3 heterocycles. The number of carbonyl (C=O) groups is 1. The van der Waals surface area contributed by atoms with Gasteiger partial charge in [0.1, 0.15) is 5.76 Å². The maximum absolute atomic E-state index is 12.8. The van der Waals surface area contributed by atoms with Gasteiger partial charge in [-0.15, -0.1) is 11.3 Å². The van der Waals surface area contributed by atoms with Crippen LogP contribution in [0, 0.1) is 18.8 Å². The molecular weight excluding hydrogens is 362 g/mol. The molecule has 1 saturated heterocycles. The molecule has 1 aliphatic heterocycles. The Morgan fingerprint density at radius 2 is 2.00 bits per heavy atom. The minimum Gasteiger partial charge on any atom is -0.360 e. The number of piperidine rings is 1. The number of nitrogens with zero attached hydrogens (tertiary/aromatic N) is 2. The van der Waals surface area contributed by atoms with E-state index in [1.165, 1.54) is 15.8 Å². The van der Waals surface area contributed by atoms with E-state index in [9.17, 15) is 13.2 Å². The first kappa shape index (κ1) is 18.1. The molecule has 9 heteroatoms. The minimum absolute atomic E-state index is 0.167. The zero-order valence-electron chi connectivity index (χ0n) is 14.4. The first-order valence-electron chi connectivity index (χ1n) is 8.09. The summed E-state index contributed by atoms with van der Waals surface area (Å²) in [6.07, 6.45) is 1.03. The van der Waals surface area contributed by atoms with Gasteiger partial charge >= 0.3 is 0 Å². The van der Waals surface area contributed by atoms with Crippen LogP contribution in [0.2, 0.25) is 0 Å². The number of rotatable bonds is 4. The lowest BCUT2D eigenvalue weighted by atomic mass is 9.94. The molecule has 0 spiro atoms. The fourth-order valence-corrected chi connectivity index (χ4v) is 5.96. The van der Waals surface area contributed by atoms with E-state index >= 15 is 0 Å². The summed E-state index contributed by atoms with van der Waals surface area (Å²) in [7, 11) is -3.58. The highest BCUT2D eigenvalue weighted by atomic mass is 32.2. The van der Waals surface area contributed by atoms with E-state index in [0.29, 0.717) is 41.4 Å². The van der Waals surface area contributed by atoms with Crippen molar-refractivity contribution < 1.29 is 17.7 Å². The van der Waals surface area contributed by atoms with Crippen LogP contribution < -0.4 is 5.32 Å². The van der Waals surface area contributed by atoms with Gasteiger partial charge in [0.25, 0.3) is 5.91 Å². The first-order valence-corrected chi connectivity index (χ1v) is 10.4. The fourth-order valence-electron chi connectivity index (χ4n) is 3.13. The van der Waals surface area contributed by atoms with E-state index in [1.54, 1.807) is 13.0 Å². The Morgan fingerprint density at radius 3 is 2.60 bits per heavy atom. The predicted octanol–water partition coefficient (Wildman–Crippen LogP) is 2.96. The van der Waals surface area contributed by atoms with Gasteiger partial charge in [-0.25, -0.2) is 8.42 Å². The maximum Gasteiger partial charge on any atom is 0.267 e. The molecule has 0 saturated carbocycles. The Morgan fingerprint density at radius 1 is 1.32 bits per heavy atom. The van der Waals surface area contributed by atoms with Gasteiger partial charge in [0.05, 0.1) is 9.77 Å². The molecule has 0 radical (unpaired) electrons. The van der Waals surface area contributed by atoms with Crippen LogP contribution in [0.25, 0.3) is 0 Å². The van der Waals surface area contributed by atoms with Crippen molar-refractivity contribution in [2.45, 2.75) is 32.1 Å². The molecule has 1 fully saturated rings. The van der Waals surface area contributed by atoms with Crippen LogP contribution in [0.4, 0.5) is 5.82 Å². The summed E-state index contributed by atoms with van der Waals surface area (Å²) in [5.74, 6) is 1.14. The third kappa shape index (κ3) is 3.94. The second kappa shape index (κ2) is 6.89. The molecule has 136 valence electrons. The monoisotopic (exact) mass is 383 g/mol. The number of nitrogens with one attached hydrogen (secondary N) is 1. The Labute approximate surface area is 151 Å². The van der Waals surface area contributed by atoms with Crippen LogP contribution in [0.1, 0.15) is 35.7 Å². The molecular formula is C16H21N3O4S2. The fraction of sp³-hybridized carbons (Fsp3) is 0.500. The smallest absolute Gasteiger partial charge is 0.267 e. The van der Waals surface area contributed by atoms with Crippen molar-refractivity contribution in [3.8, 4) is 0 Å². The molecule has 0 unspecified atom stereocenters. The van der Waals surface area contributed by atoms with Crippen molar-refractivity contribution in [3.05, 3.63) is 28.2 Å². The second-order valence-corrected chi connectivity index (χ2v) is 9.54. The molecule has 0 aromatic carbocycles. The largest absolute Gasteiger partial charge is 0.360 e. The molecule has 1 N–H and O–H groups in total. The van der Waals surface area contributed by atoms with Gasteiger partial charge in [0.2, 0.25) is 10.0 Å². The summed E-state index contributed by atoms with van der Waals surface area (Å²) in [6, 6.07) is 3.02. The van der Waals surface area contributed by atoms with E-state index < -0.39 is 15.9 Å². The molecule has 25 heavy (non-hydrogen) atoms. The quantitative estimate of drug-likeness (QED) is 0.876. The molecule has 2 aromatic rings. The molecule has 3 rings (SSSR count). The van der Waals surface area contributed by atoms with Crippen molar-refractivity contribution >= 4 is 33.1 Å². The Bertz CT molecular complexity index is 862. The van der Waals surface area contributed by atoms with Crippen LogP contribution in [0.3, 0.4) is 0 Å². The zero-order valence-corrected chi connectivity index (χ0v) is 16.0. The zero-order chi connectivity index (χ0) is 18.2. The number of anilines is 1. The number of hydrogen-bond donors (Lipinski definition) is 1. The van der Waals surface area contributed by atoms with Gasteiger partial charge in [-0.2, -0.15) is 4.31 Å². The van der Waals surface area contributed by atoms with Gasteiger partial charge in [-0.05, 0) is 31.2 Å². The van der Waals surface area contributed by atoms with Crippen LogP contribution in [-0.2, 0) is 10.0 Å². The van der Waals surface area contributed by atoms with Crippen molar-refractivity contribution in [1.29, 1.82) is 0 Å². The summed E-state index contributed by atoms with van der Waals surface area (Å²) in [5.41, 5.74) is 0. The highest BCUT2D eigenvalue weighted by Crippen LogP contribution is 2.29. The van der Waals surface area contributed by atoms with Gasteiger partial charge < -0.3 is 9.84 Å². The van der Waals surface area contributed by atoms with E-state index in [0.717, 1.165) is 17.8 Å². The number of hydrogen-bond acceptors (Lipinski definition) is 6. The number of amides is 1. The summed E-state index contributed by atoms with van der Waals surface area (Å²) in [5, 5.41) is 7.81. The van der Waals surface area contributed by atoms with E-state index in [4.69, 9.17) is 4.52 Å². The third-order valence-corrected chi connectivity index (χ3v) is 7.03. The van der Waals surface area contributed by atoms with Crippen molar-refractivity contribution in [2.75, 3.05) is 18.4 Å². The van der Waals surface area contributed by atoms with Gasteiger partial charge in [-0.1, -0.05) is 19.0 Å². The molecule has 0 aliphatic carbocycles. The van der Waals surface area contributed by atoms with Gasteiger partial charge in [0.15, 0.2) is 5.82 Å². The highest BCUT2D eigenvalue weighted by molar-refractivity contribution is 7.89. The summed E-state index contributed by atoms with van der Waals surface area (Å²) in [4.78, 5) is 12.7. The van der Waals surface area contributed by atoms with Crippen LogP contribution in [0.15, 0.2) is 26.9 Å². The third-order valence-electron chi connectivity index (χ3n) is 4.14. The summed E-state index contributed by atoms with van der Waals surface area (Å²) >= 11 is 1.10. The Hall–Kier alpha value is -1.71. The van der Waals surface area contributed by atoms with E-state index in [1.807, 2.05) is 0 Å². The van der Waals surface area contributed by atoms with E-state index in [2.05, 4.69) is 24.3 Å². The molecule has 2 atom stereocenters. The number of sulfonamides is 1. The van der Waals surface area contributed by atoms with Crippen LogP contribution in [0.5, 0.6) is 0 Å². The van der Waals surface area contributed by atoms with Gasteiger partial charge in [0, 0.05) is 24.5 Å². The molecule has 1 aliphatic rings. The lowest BCUT2D eigenvalue weighted by molar-refractivity contribution is 0.102. The number of thiophene rings is 1. The molecule has 7 nitrogen and oxygen atoms in total. The summed E-state index contributed by atoms with van der Waals surface area (Å²) in [6.45, 7) is 6.87. The lowest BCUT2D eigenvalue weighted by Gasteiger charge is -2.33. The number of aryl methyl sites for hydroxylation is 1. The molecule has 2 aromatic heterocycles. The number of aromatic nitrogens is 1. The predicted molar refractivity (Wildman–Crippen MR) is 95.2 cm³/mol. The Balaban J connectivity index is 1.76. The molecule has 0 bridgehead atoms. The Kier molecular flexibility index (Phi) is 4.99. The average molecular weight is 383 g/mol. The van der Waals surface area contributed by atoms with Crippen molar-refractivity contribution in [3.63, 3.8) is 0 Å². The van der Waals surface area contributed by atoms with Crippen molar-refractivity contribution in [1.82, 2.24) is 9.46 Å². The van der Waals surface area contributed by atoms with Gasteiger partial charge in [-0.3, -0.25) is 4.79 Å².